The number of hydrogen-bond acceptors (Lipinski definition) is 1. The lowest BCUT2D eigenvalue weighted by Crippen LogP contribution is -1.95. The lowest BCUT2D eigenvalue weighted by Gasteiger charge is -1.95. The molecule has 48 valence electrons. The van der Waals surface area contributed by atoms with Crippen molar-refractivity contribution in [2.24, 2.45) is 0 Å². The van der Waals surface area contributed by atoms with E-state index in [-0.39, 0.29) is 6.42 Å². The van der Waals surface area contributed by atoms with E-state index in [0.29, 0.717) is 6.16 Å². The Morgan fingerprint density at radius 3 is 2.50 bits per heavy atom. The molecule has 0 spiro atoms. The maximum Gasteiger partial charge on any atom is 0.303 e. The van der Waals surface area contributed by atoms with Crippen LogP contribution in [0, 0.1) is 0 Å². The fourth-order valence-corrected chi connectivity index (χ4v) is 1.00. The highest BCUT2D eigenvalue weighted by Gasteiger charge is 1.99. The summed E-state index contributed by atoms with van der Waals surface area (Å²) in [6.45, 7) is 1.85. The molecule has 0 amide bonds. The maximum absolute atomic E-state index is 9.86. The first kappa shape index (κ1) is 8.19. The van der Waals surface area contributed by atoms with E-state index in [1.807, 2.05) is 6.66 Å². The first-order chi connectivity index (χ1) is 3.63. The van der Waals surface area contributed by atoms with Gasteiger partial charge in [-0.3, -0.25) is 4.79 Å². The van der Waals surface area contributed by atoms with Gasteiger partial charge in [0.25, 0.3) is 0 Å². The first-order valence-electron chi connectivity index (χ1n) is 2.21. The Hall–Kier alpha value is 0.190. The summed E-state index contributed by atoms with van der Waals surface area (Å²) in [4.78, 5) is 9.86. The number of hydrogen-bond donors (Lipinski definition) is 1. The van der Waals surface area contributed by atoms with E-state index in [9.17, 15) is 4.79 Å². The van der Waals surface area contributed by atoms with Crippen LogP contribution < -0.4 is 0 Å². The van der Waals surface area contributed by atoms with E-state index in [1.54, 1.807) is 0 Å². The predicted molar refractivity (Wildman–Crippen MR) is 35.8 cm³/mol. The highest BCUT2D eigenvalue weighted by atomic mass is 35.7. The molecule has 0 bridgehead atoms. The summed E-state index contributed by atoms with van der Waals surface area (Å²) >= 11 is 5.52. The van der Waals surface area contributed by atoms with E-state index in [2.05, 4.69) is 0 Å². The molecule has 2 nitrogen and oxygen atoms in total. The van der Waals surface area contributed by atoms with Crippen molar-refractivity contribution in [1.82, 2.24) is 0 Å². The largest absolute Gasteiger partial charge is 0.481 e. The topological polar surface area (TPSA) is 37.3 Å². The van der Waals surface area contributed by atoms with E-state index in [0.717, 1.165) is 0 Å². The molecule has 1 atom stereocenters. The Balaban J connectivity index is 3.05. The Kier molecular flexibility index (Phi) is 4.20. The standard InChI is InChI=1S/C4H8ClO2P/c1-8(5)3-2-4(6)7/h2-3H2,1H3,(H,6,7). The molecular weight excluding hydrogens is 146 g/mol. The molecule has 0 saturated carbocycles. The van der Waals surface area contributed by atoms with E-state index in [1.165, 1.54) is 0 Å². The summed E-state index contributed by atoms with van der Waals surface area (Å²) in [6, 6.07) is 0. The Morgan fingerprint density at radius 2 is 2.38 bits per heavy atom. The summed E-state index contributed by atoms with van der Waals surface area (Å²) in [5.41, 5.74) is 0. The van der Waals surface area contributed by atoms with Crippen LogP contribution in [0.3, 0.4) is 0 Å². The Bertz CT molecular complexity index is 84.1. The van der Waals surface area contributed by atoms with Gasteiger partial charge >= 0.3 is 5.97 Å². The number of carboxylic acid groups (broad SMARTS) is 1. The summed E-state index contributed by atoms with van der Waals surface area (Å²) < 4.78 is 0. The fraction of sp³-hybridized carbons (Fsp3) is 0.750. The number of carbonyl (C=O) groups is 1. The minimum absolute atomic E-state index is 0.200. The number of carboxylic acids is 1. The molecule has 0 saturated heterocycles. The van der Waals surface area contributed by atoms with Crippen molar-refractivity contribution in [3.63, 3.8) is 0 Å². The van der Waals surface area contributed by atoms with Crippen molar-refractivity contribution < 1.29 is 9.90 Å². The minimum atomic E-state index is -0.764. The molecule has 0 aromatic carbocycles. The molecule has 1 N–H and O–H groups in total. The zero-order chi connectivity index (χ0) is 6.57. The second-order valence-electron chi connectivity index (χ2n) is 1.47. The van der Waals surface area contributed by atoms with Gasteiger partial charge in [0.2, 0.25) is 0 Å². The number of halogens is 1. The van der Waals surface area contributed by atoms with Gasteiger partial charge in [-0.25, -0.2) is 0 Å². The van der Waals surface area contributed by atoms with Crippen LogP contribution in [0.1, 0.15) is 6.42 Å². The van der Waals surface area contributed by atoms with Crippen molar-refractivity contribution in [1.29, 1.82) is 0 Å². The summed E-state index contributed by atoms with van der Waals surface area (Å²) in [5, 5.41) is 8.11. The normalized spacial score (nSPS) is 13.2. The summed E-state index contributed by atoms with van der Waals surface area (Å²) in [5.74, 6) is -0.764. The van der Waals surface area contributed by atoms with Crippen LogP contribution in [0.25, 0.3) is 0 Å². The Morgan fingerprint density at radius 1 is 1.88 bits per heavy atom. The quantitative estimate of drug-likeness (QED) is 0.629. The van der Waals surface area contributed by atoms with Crippen molar-refractivity contribution in [3.05, 3.63) is 0 Å². The van der Waals surface area contributed by atoms with Gasteiger partial charge < -0.3 is 5.11 Å². The van der Waals surface area contributed by atoms with Crippen LogP contribution in [0.15, 0.2) is 0 Å². The highest BCUT2D eigenvalue weighted by molar-refractivity contribution is 7.83. The summed E-state index contributed by atoms with van der Waals surface area (Å²) in [6.07, 6.45) is 0.817. The van der Waals surface area contributed by atoms with Gasteiger partial charge in [0.15, 0.2) is 0 Å². The lowest BCUT2D eigenvalue weighted by molar-refractivity contribution is -0.136. The molecule has 0 aromatic rings. The molecule has 0 aliphatic carbocycles. The van der Waals surface area contributed by atoms with Gasteiger partial charge in [-0.2, -0.15) is 0 Å². The molecule has 0 aliphatic heterocycles. The molecule has 0 radical (unpaired) electrons. The number of rotatable bonds is 3. The zero-order valence-electron chi connectivity index (χ0n) is 4.59. The van der Waals surface area contributed by atoms with Crippen molar-refractivity contribution in [2.75, 3.05) is 12.8 Å². The molecular formula is C4H8ClO2P. The highest BCUT2D eigenvalue weighted by Crippen LogP contribution is 2.36. The van der Waals surface area contributed by atoms with Crippen molar-refractivity contribution in [3.8, 4) is 0 Å². The molecule has 0 aromatic heterocycles. The Labute approximate surface area is 54.4 Å². The summed E-state index contributed by atoms with van der Waals surface area (Å²) in [7, 11) is -0.542. The lowest BCUT2D eigenvalue weighted by atomic mass is 10.5. The predicted octanol–water partition coefficient (Wildman–Crippen LogP) is 1.73. The van der Waals surface area contributed by atoms with Crippen LogP contribution in [-0.4, -0.2) is 23.9 Å². The van der Waals surface area contributed by atoms with Crippen LogP contribution in [0.5, 0.6) is 0 Å². The van der Waals surface area contributed by atoms with Gasteiger partial charge in [-0.1, -0.05) is 11.2 Å². The molecule has 4 heteroatoms. The minimum Gasteiger partial charge on any atom is -0.481 e. The van der Waals surface area contributed by atoms with E-state index >= 15 is 0 Å². The monoisotopic (exact) mass is 154 g/mol. The van der Waals surface area contributed by atoms with E-state index in [4.69, 9.17) is 16.3 Å². The van der Waals surface area contributed by atoms with E-state index < -0.39 is 13.2 Å². The first-order valence-corrected chi connectivity index (χ1v) is 5.09. The average molecular weight is 155 g/mol. The third-order valence-corrected chi connectivity index (χ3v) is 1.98. The van der Waals surface area contributed by atoms with Crippen LogP contribution in [0.4, 0.5) is 0 Å². The fourth-order valence-electron chi connectivity index (χ4n) is 0.250. The van der Waals surface area contributed by atoms with Crippen molar-refractivity contribution in [2.45, 2.75) is 6.42 Å². The van der Waals surface area contributed by atoms with Gasteiger partial charge in [-0.15, -0.1) is 0 Å². The second kappa shape index (κ2) is 4.11. The second-order valence-corrected chi connectivity index (χ2v) is 4.86. The van der Waals surface area contributed by atoms with Gasteiger partial charge in [-0.05, 0) is 20.1 Å². The molecule has 0 rings (SSSR count). The number of aliphatic carboxylic acids is 1. The third-order valence-electron chi connectivity index (χ3n) is 0.634. The van der Waals surface area contributed by atoms with Crippen LogP contribution in [-0.2, 0) is 4.79 Å². The molecule has 1 unspecified atom stereocenters. The average Bonchev–Trinajstić information content (AvgIpc) is 1.61. The van der Waals surface area contributed by atoms with Gasteiger partial charge in [0.05, 0.1) is 6.42 Å². The third kappa shape index (κ3) is 6.19. The van der Waals surface area contributed by atoms with Gasteiger partial charge in [0.1, 0.15) is 0 Å². The zero-order valence-corrected chi connectivity index (χ0v) is 6.25. The van der Waals surface area contributed by atoms with Crippen molar-refractivity contribution >= 4 is 24.5 Å². The van der Waals surface area contributed by atoms with Crippen LogP contribution >= 0.6 is 18.5 Å². The smallest absolute Gasteiger partial charge is 0.303 e. The van der Waals surface area contributed by atoms with Gasteiger partial charge in [0, 0.05) is 0 Å². The molecule has 8 heavy (non-hydrogen) atoms. The SMILES string of the molecule is CP(Cl)CCC(=O)O. The van der Waals surface area contributed by atoms with Crippen LogP contribution in [0.2, 0.25) is 0 Å². The molecule has 0 heterocycles. The molecule has 0 fully saturated rings. The maximum atomic E-state index is 9.86. The molecule has 0 aliphatic rings.